The number of fused-ring (bicyclic) bond motifs is 3. The van der Waals surface area contributed by atoms with Crippen LogP contribution in [0.5, 0.6) is 5.75 Å². The van der Waals surface area contributed by atoms with E-state index in [0.717, 1.165) is 28.0 Å². The number of phenolic OH excluding ortho intramolecular Hbond substituents is 1. The minimum atomic E-state index is -0.997. The maximum atomic E-state index is 13.7. The van der Waals surface area contributed by atoms with E-state index < -0.39 is 17.0 Å². The van der Waals surface area contributed by atoms with Crippen molar-refractivity contribution in [1.82, 2.24) is 4.57 Å². The van der Waals surface area contributed by atoms with Gasteiger partial charge in [0.15, 0.2) is 0 Å². The maximum absolute atomic E-state index is 13.7. The van der Waals surface area contributed by atoms with E-state index in [0.29, 0.717) is 12.0 Å². The van der Waals surface area contributed by atoms with Crippen LogP contribution >= 0.6 is 0 Å². The van der Waals surface area contributed by atoms with Crippen LogP contribution < -0.4 is 0 Å². The van der Waals surface area contributed by atoms with Crippen LogP contribution in [0.15, 0.2) is 66.7 Å². The van der Waals surface area contributed by atoms with Crippen molar-refractivity contribution in [3.8, 4) is 11.4 Å². The van der Waals surface area contributed by atoms with Gasteiger partial charge in [-0.2, -0.15) is 0 Å². The van der Waals surface area contributed by atoms with Crippen LogP contribution in [0.1, 0.15) is 48.0 Å². The number of phenols is 1. The number of carbonyl (C=O) groups is 1. The Balaban J connectivity index is 1.88. The first-order valence-electron chi connectivity index (χ1n) is 10.7. The van der Waals surface area contributed by atoms with Crippen LogP contribution in [-0.4, -0.2) is 27.4 Å². The van der Waals surface area contributed by atoms with Gasteiger partial charge in [0, 0.05) is 27.7 Å². The van der Waals surface area contributed by atoms with Gasteiger partial charge < -0.3 is 19.5 Å². The molecule has 6 heteroatoms. The molecule has 0 fully saturated rings. The molecule has 168 valence electrons. The minimum absolute atomic E-state index is 0.124. The average Bonchev–Trinajstić information content (AvgIpc) is 3.16. The number of aromatic carboxylic acids is 1. The van der Waals surface area contributed by atoms with Crippen molar-refractivity contribution in [1.29, 1.82) is 0 Å². The molecule has 4 aromatic rings. The van der Waals surface area contributed by atoms with E-state index in [2.05, 4.69) is 18.4 Å². The second-order valence-corrected chi connectivity index (χ2v) is 9.30. The topological polar surface area (TPSA) is 71.7 Å². The van der Waals surface area contributed by atoms with Gasteiger partial charge >= 0.3 is 5.97 Å². The van der Waals surface area contributed by atoms with Gasteiger partial charge in [0.2, 0.25) is 0 Å². The molecular weight excluding hydrogens is 421 g/mol. The standard InChI is InChI=1S/C27H24FNO4/c1-26(2)15-33-27(3,17-9-7-16(8-10-17)25(31)32)23-22-20(5-4-6-21(22)30)29(24(23)26)19-13-11-18(28)12-14-19/h4-14,30H,15H2,1-3H3,(H,31,32). The fourth-order valence-electron chi connectivity index (χ4n) is 4.91. The number of halogens is 1. The molecule has 5 nitrogen and oxygen atoms in total. The number of aromatic nitrogens is 1. The number of carboxylic acid groups (broad SMARTS) is 1. The van der Waals surface area contributed by atoms with Crippen molar-refractivity contribution in [2.45, 2.75) is 31.8 Å². The molecule has 0 bridgehead atoms. The van der Waals surface area contributed by atoms with E-state index in [1.807, 2.05) is 13.0 Å². The Morgan fingerprint density at radius 3 is 2.30 bits per heavy atom. The lowest BCUT2D eigenvalue weighted by Gasteiger charge is -2.43. The molecule has 2 N–H and O–H groups in total. The number of hydrogen-bond acceptors (Lipinski definition) is 3. The number of hydrogen-bond donors (Lipinski definition) is 2. The summed E-state index contributed by atoms with van der Waals surface area (Å²) < 4.78 is 22.3. The molecule has 0 saturated heterocycles. The van der Waals surface area contributed by atoms with Crippen molar-refractivity contribution in [3.05, 3.63) is 94.9 Å². The summed E-state index contributed by atoms with van der Waals surface area (Å²) >= 11 is 0. The van der Waals surface area contributed by atoms with Crippen LogP contribution in [0.4, 0.5) is 4.39 Å². The van der Waals surface area contributed by atoms with Gasteiger partial charge in [-0.1, -0.05) is 32.0 Å². The lowest BCUT2D eigenvalue weighted by Crippen LogP contribution is -2.43. The third-order valence-electron chi connectivity index (χ3n) is 6.58. The molecule has 1 aliphatic rings. The van der Waals surface area contributed by atoms with Crippen LogP contribution in [0.25, 0.3) is 16.6 Å². The van der Waals surface area contributed by atoms with Crippen molar-refractivity contribution in [2.75, 3.05) is 6.61 Å². The van der Waals surface area contributed by atoms with Crippen molar-refractivity contribution in [2.24, 2.45) is 0 Å². The number of aromatic hydroxyl groups is 1. The zero-order chi connectivity index (χ0) is 23.5. The molecular formula is C27H24FNO4. The summed E-state index contributed by atoms with van der Waals surface area (Å²) in [7, 11) is 0. The molecule has 1 aromatic heterocycles. The van der Waals surface area contributed by atoms with Gasteiger partial charge in [-0.05, 0) is 61.0 Å². The van der Waals surface area contributed by atoms with E-state index in [4.69, 9.17) is 4.74 Å². The van der Waals surface area contributed by atoms with E-state index in [1.165, 1.54) is 12.1 Å². The molecule has 3 aromatic carbocycles. The van der Waals surface area contributed by atoms with Crippen LogP contribution in [0.2, 0.25) is 0 Å². The van der Waals surface area contributed by atoms with Gasteiger partial charge in [0.05, 0.1) is 17.7 Å². The number of nitrogens with zero attached hydrogens (tertiary/aromatic N) is 1. The lowest BCUT2D eigenvalue weighted by atomic mass is 9.75. The highest BCUT2D eigenvalue weighted by atomic mass is 19.1. The molecule has 1 aliphatic heterocycles. The van der Waals surface area contributed by atoms with E-state index in [-0.39, 0.29) is 17.1 Å². The first-order chi connectivity index (χ1) is 15.6. The molecule has 0 amide bonds. The molecule has 0 radical (unpaired) electrons. The summed E-state index contributed by atoms with van der Waals surface area (Å²) in [6.45, 7) is 6.50. The Labute approximate surface area is 190 Å². The van der Waals surface area contributed by atoms with E-state index in [9.17, 15) is 19.4 Å². The maximum Gasteiger partial charge on any atom is 0.335 e. The Hall–Kier alpha value is -3.64. The molecule has 33 heavy (non-hydrogen) atoms. The number of benzene rings is 3. The highest BCUT2D eigenvalue weighted by molar-refractivity contribution is 5.94. The number of carboxylic acids is 1. The summed E-state index contributed by atoms with van der Waals surface area (Å²) in [6.07, 6.45) is 0. The van der Waals surface area contributed by atoms with Gasteiger partial charge in [-0.15, -0.1) is 0 Å². The molecule has 0 aliphatic carbocycles. The molecule has 0 spiro atoms. The molecule has 1 atom stereocenters. The predicted octanol–water partition coefficient (Wildman–Crippen LogP) is 5.74. The Morgan fingerprint density at radius 2 is 1.67 bits per heavy atom. The summed E-state index contributed by atoms with van der Waals surface area (Å²) in [5, 5.41) is 21.0. The van der Waals surface area contributed by atoms with E-state index >= 15 is 0 Å². The molecule has 2 heterocycles. The molecule has 1 unspecified atom stereocenters. The highest BCUT2D eigenvalue weighted by Crippen LogP contribution is 2.52. The summed E-state index contributed by atoms with van der Waals surface area (Å²) in [5.74, 6) is -1.19. The predicted molar refractivity (Wildman–Crippen MR) is 124 cm³/mol. The van der Waals surface area contributed by atoms with Crippen LogP contribution in [0, 0.1) is 5.82 Å². The number of ether oxygens (including phenoxy) is 1. The van der Waals surface area contributed by atoms with Crippen molar-refractivity contribution in [3.63, 3.8) is 0 Å². The minimum Gasteiger partial charge on any atom is -0.507 e. The quantitative estimate of drug-likeness (QED) is 0.422. The fourth-order valence-corrected chi connectivity index (χ4v) is 4.91. The van der Waals surface area contributed by atoms with Gasteiger partial charge in [-0.25, -0.2) is 9.18 Å². The van der Waals surface area contributed by atoms with Crippen molar-refractivity contribution < 1.29 is 24.1 Å². The zero-order valence-electron chi connectivity index (χ0n) is 18.6. The van der Waals surface area contributed by atoms with Crippen molar-refractivity contribution >= 4 is 16.9 Å². The SMILES string of the molecule is CC1(C)COC(C)(c2ccc(C(=O)O)cc2)c2c1n(-c1ccc(F)cc1)c1cccc(O)c21. The second kappa shape index (κ2) is 7.18. The van der Waals surface area contributed by atoms with Crippen LogP contribution in [0.3, 0.4) is 0 Å². The van der Waals surface area contributed by atoms with Crippen LogP contribution in [-0.2, 0) is 15.8 Å². The van der Waals surface area contributed by atoms with E-state index in [1.54, 1.807) is 48.5 Å². The third kappa shape index (κ3) is 3.13. The van der Waals surface area contributed by atoms with Gasteiger partial charge in [0.1, 0.15) is 17.2 Å². The number of rotatable bonds is 3. The zero-order valence-corrected chi connectivity index (χ0v) is 18.6. The summed E-state index contributed by atoms with van der Waals surface area (Å²) in [4.78, 5) is 11.4. The Kier molecular flexibility index (Phi) is 4.62. The average molecular weight is 445 g/mol. The fraction of sp³-hybridized carbons (Fsp3) is 0.222. The molecule has 0 saturated carbocycles. The smallest absolute Gasteiger partial charge is 0.335 e. The normalized spacial score (nSPS) is 19.4. The monoisotopic (exact) mass is 445 g/mol. The Bertz CT molecular complexity index is 1390. The largest absolute Gasteiger partial charge is 0.507 e. The third-order valence-corrected chi connectivity index (χ3v) is 6.58. The highest BCUT2D eigenvalue weighted by Gasteiger charge is 2.47. The van der Waals surface area contributed by atoms with Gasteiger partial charge in [0.25, 0.3) is 0 Å². The summed E-state index contributed by atoms with van der Waals surface area (Å²) in [6, 6.07) is 18.3. The van der Waals surface area contributed by atoms with Gasteiger partial charge in [-0.3, -0.25) is 0 Å². The first kappa shape index (κ1) is 21.2. The molecule has 5 rings (SSSR count). The summed E-state index contributed by atoms with van der Waals surface area (Å²) in [5.41, 5.74) is 2.96. The second-order valence-electron chi connectivity index (χ2n) is 9.30. The lowest BCUT2D eigenvalue weighted by molar-refractivity contribution is -0.0437. The first-order valence-corrected chi connectivity index (χ1v) is 10.7. The Morgan fingerprint density at radius 1 is 1.00 bits per heavy atom.